The smallest absolute Gasteiger partial charge is 0.191 e. The monoisotopic (exact) mass is 519 g/mol. The van der Waals surface area contributed by atoms with Crippen molar-refractivity contribution in [1.29, 1.82) is 0 Å². The molecular weight excluding hydrogens is 489 g/mol. The van der Waals surface area contributed by atoms with E-state index in [1.807, 2.05) is 72.5 Å². The summed E-state index contributed by atoms with van der Waals surface area (Å²) < 4.78 is 1.92. The van der Waals surface area contributed by atoms with E-state index in [1.165, 1.54) is 5.56 Å². The fourth-order valence-corrected chi connectivity index (χ4v) is 3.01. The van der Waals surface area contributed by atoms with Crippen molar-refractivity contribution in [3.05, 3.63) is 89.7 Å². The number of nitrogens with one attached hydrogen (secondary N) is 2. The Morgan fingerprint density at radius 2 is 1.70 bits per heavy atom. The highest BCUT2D eigenvalue weighted by Crippen LogP contribution is 2.18. The van der Waals surface area contributed by atoms with E-state index in [2.05, 4.69) is 32.9 Å². The number of aliphatic hydroxyl groups is 1. The number of guanidine groups is 1. The Balaban J connectivity index is 0.00000320. The maximum atomic E-state index is 10.8. The summed E-state index contributed by atoms with van der Waals surface area (Å²) in [5, 5.41) is 21.7. The lowest BCUT2D eigenvalue weighted by Gasteiger charge is -2.25. The molecule has 160 valence electrons. The number of rotatable bonds is 8. The van der Waals surface area contributed by atoms with Crippen LogP contribution in [0.25, 0.3) is 0 Å². The normalized spacial score (nSPS) is 13.2. The van der Waals surface area contributed by atoms with Crippen LogP contribution in [0.3, 0.4) is 0 Å². The zero-order valence-corrected chi connectivity index (χ0v) is 19.8. The third-order valence-electron chi connectivity index (χ3n) is 4.63. The van der Waals surface area contributed by atoms with Crippen molar-refractivity contribution in [2.45, 2.75) is 32.5 Å². The zero-order chi connectivity index (χ0) is 20.5. The van der Waals surface area contributed by atoms with E-state index in [4.69, 9.17) is 0 Å². The van der Waals surface area contributed by atoms with Gasteiger partial charge in [-0.25, -0.2) is 4.99 Å². The van der Waals surface area contributed by atoms with Gasteiger partial charge in [-0.1, -0.05) is 60.7 Å². The average Bonchev–Trinajstić information content (AvgIpc) is 3.19. The molecule has 1 heterocycles. The van der Waals surface area contributed by atoms with E-state index < -0.39 is 5.60 Å². The van der Waals surface area contributed by atoms with Crippen molar-refractivity contribution in [3.63, 3.8) is 0 Å². The predicted molar refractivity (Wildman–Crippen MR) is 132 cm³/mol. The topological polar surface area (TPSA) is 74.5 Å². The molecule has 0 aliphatic heterocycles. The van der Waals surface area contributed by atoms with Crippen LogP contribution in [0, 0.1) is 0 Å². The second kappa shape index (κ2) is 11.7. The first-order chi connectivity index (χ1) is 14.1. The highest BCUT2D eigenvalue weighted by Gasteiger charge is 2.22. The summed E-state index contributed by atoms with van der Waals surface area (Å²) in [6, 6.07) is 19.9. The molecule has 0 fully saturated rings. The van der Waals surface area contributed by atoms with Gasteiger partial charge < -0.3 is 15.7 Å². The third-order valence-corrected chi connectivity index (χ3v) is 4.63. The number of hydrogen-bond donors (Lipinski definition) is 3. The van der Waals surface area contributed by atoms with Gasteiger partial charge in [-0.3, -0.25) is 4.68 Å². The van der Waals surface area contributed by atoms with Crippen LogP contribution in [0.5, 0.6) is 0 Å². The fourth-order valence-electron chi connectivity index (χ4n) is 3.01. The molecule has 0 saturated carbocycles. The van der Waals surface area contributed by atoms with E-state index in [0.29, 0.717) is 19.0 Å². The standard InChI is InChI=1S/C23H29N5O.HI/c1-3-24-22(26-18-23(2,29)21-12-8-5-9-13-21)25-14-20-15-27-28(17-20)16-19-10-6-4-7-11-19;/h4-13,15,17,29H,3,14,16,18H2,1-2H3,(H2,24,25,26);1H. The van der Waals surface area contributed by atoms with Crippen molar-refractivity contribution in [2.24, 2.45) is 4.99 Å². The lowest BCUT2D eigenvalue weighted by Crippen LogP contribution is -2.44. The molecule has 0 aliphatic rings. The van der Waals surface area contributed by atoms with Gasteiger partial charge in [0.25, 0.3) is 0 Å². The third kappa shape index (κ3) is 7.14. The first-order valence-corrected chi connectivity index (χ1v) is 9.92. The van der Waals surface area contributed by atoms with Gasteiger partial charge in [0.05, 0.1) is 25.8 Å². The van der Waals surface area contributed by atoms with Crippen LogP contribution >= 0.6 is 24.0 Å². The Labute approximate surface area is 195 Å². The van der Waals surface area contributed by atoms with Gasteiger partial charge in [0, 0.05) is 18.3 Å². The molecule has 0 amide bonds. The van der Waals surface area contributed by atoms with Crippen LogP contribution in [0.15, 0.2) is 78.0 Å². The Morgan fingerprint density at radius 1 is 1.03 bits per heavy atom. The number of hydrogen-bond acceptors (Lipinski definition) is 3. The second-order valence-corrected chi connectivity index (χ2v) is 7.22. The molecule has 1 atom stereocenters. The second-order valence-electron chi connectivity index (χ2n) is 7.22. The van der Waals surface area contributed by atoms with Crippen molar-refractivity contribution >= 4 is 29.9 Å². The molecule has 2 aromatic carbocycles. The number of aliphatic imine (C=N–C) groups is 1. The minimum Gasteiger partial charge on any atom is -0.384 e. The molecule has 3 aromatic rings. The lowest BCUT2D eigenvalue weighted by molar-refractivity contribution is 0.0617. The molecular formula is C23H30IN5O. The van der Waals surface area contributed by atoms with Gasteiger partial charge in [0.15, 0.2) is 5.96 Å². The van der Waals surface area contributed by atoms with Gasteiger partial charge in [0.1, 0.15) is 5.60 Å². The van der Waals surface area contributed by atoms with Crippen LogP contribution < -0.4 is 10.6 Å². The number of nitrogens with zero attached hydrogens (tertiary/aromatic N) is 3. The largest absolute Gasteiger partial charge is 0.384 e. The van der Waals surface area contributed by atoms with Crippen LogP contribution in [-0.4, -0.2) is 33.9 Å². The molecule has 0 aliphatic carbocycles. The van der Waals surface area contributed by atoms with Crippen molar-refractivity contribution < 1.29 is 5.11 Å². The minimum absolute atomic E-state index is 0. The molecule has 0 radical (unpaired) electrons. The van der Waals surface area contributed by atoms with Gasteiger partial charge in [0.2, 0.25) is 0 Å². The number of halogens is 1. The lowest BCUT2D eigenvalue weighted by atomic mass is 9.96. The molecule has 3 N–H and O–H groups in total. The molecule has 30 heavy (non-hydrogen) atoms. The van der Waals surface area contributed by atoms with E-state index in [0.717, 1.165) is 24.2 Å². The van der Waals surface area contributed by atoms with Crippen molar-refractivity contribution in [2.75, 3.05) is 13.1 Å². The molecule has 0 saturated heterocycles. The maximum absolute atomic E-state index is 10.8. The van der Waals surface area contributed by atoms with Gasteiger partial charge in [-0.2, -0.15) is 5.10 Å². The zero-order valence-electron chi connectivity index (χ0n) is 17.5. The molecule has 0 bridgehead atoms. The maximum Gasteiger partial charge on any atom is 0.191 e. The summed E-state index contributed by atoms with van der Waals surface area (Å²) in [7, 11) is 0. The molecule has 1 unspecified atom stereocenters. The van der Waals surface area contributed by atoms with E-state index >= 15 is 0 Å². The number of aromatic nitrogens is 2. The van der Waals surface area contributed by atoms with Crippen LogP contribution in [-0.2, 0) is 18.7 Å². The molecule has 0 spiro atoms. The fraction of sp³-hybridized carbons (Fsp3) is 0.304. The minimum atomic E-state index is -0.988. The Morgan fingerprint density at radius 3 is 2.37 bits per heavy atom. The van der Waals surface area contributed by atoms with Crippen LogP contribution in [0.1, 0.15) is 30.5 Å². The van der Waals surface area contributed by atoms with E-state index in [1.54, 1.807) is 6.92 Å². The summed E-state index contributed by atoms with van der Waals surface area (Å²) in [5.41, 5.74) is 2.13. The highest BCUT2D eigenvalue weighted by atomic mass is 127. The Bertz CT molecular complexity index is 910. The summed E-state index contributed by atoms with van der Waals surface area (Å²) in [6.07, 6.45) is 3.86. The van der Waals surface area contributed by atoms with E-state index in [-0.39, 0.29) is 24.0 Å². The number of benzene rings is 2. The first-order valence-electron chi connectivity index (χ1n) is 9.92. The summed E-state index contributed by atoms with van der Waals surface area (Å²) >= 11 is 0. The quantitative estimate of drug-likeness (QED) is 0.242. The molecule has 6 nitrogen and oxygen atoms in total. The molecule has 1 aromatic heterocycles. The Hall–Kier alpha value is -2.39. The average molecular weight is 519 g/mol. The first kappa shape index (κ1) is 23.9. The molecule has 3 rings (SSSR count). The van der Waals surface area contributed by atoms with Crippen LogP contribution in [0.4, 0.5) is 0 Å². The summed E-state index contributed by atoms with van der Waals surface area (Å²) in [5.74, 6) is 0.666. The van der Waals surface area contributed by atoms with Crippen LogP contribution in [0.2, 0.25) is 0 Å². The van der Waals surface area contributed by atoms with Crippen molar-refractivity contribution in [3.8, 4) is 0 Å². The Kier molecular flexibility index (Phi) is 9.32. The van der Waals surface area contributed by atoms with Crippen molar-refractivity contribution in [1.82, 2.24) is 20.4 Å². The highest BCUT2D eigenvalue weighted by molar-refractivity contribution is 14.0. The molecule has 7 heteroatoms. The SMILES string of the molecule is CCNC(=NCc1cnn(Cc2ccccc2)c1)NCC(C)(O)c1ccccc1.I. The summed E-state index contributed by atoms with van der Waals surface area (Å²) in [4.78, 5) is 4.63. The summed E-state index contributed by atoms with van der Waals surface area (Å²) in [6.45, 7) is 6.17. The van der Waals surface area contributed by atoms with Gasteiger partial charge >= 0.3 is 0 Å². The van der Waals surface area contributed by atoms with Gasteiger partial charge in [-0.05, 0) is 25.0 Å². The predicted octanol–water partition coefficient (Wildman–Crippen LogP) is 3.51. The van der Waals surface area contributed by atoms with E-state index in [9.17, 15) is 5.11 Å². The van der Waals surface area contributed by atoms with Gasteiger partial charge in [-0.15, -0.1) is 24.0 Å².